The summed E-state index contributed by atoms with van der Waals surface area (Å²) in [5, 5.41) is 14.1. The van der Waals surface area contributed by atoms with Crippen LogP contribution in [-0.2, 0) is 6.54 Å². The molecule has 1 heterocycles. The fourth-order valence-corrected chi connectivity index (χ4v) is 2.95. The van der Waals surface area contributed by atoms with Crippen LogP contribution in [0.4, 0.5) is 0 Å². The Morgan fingerprint density at radius 1 is 1.50 bits per heavy atom. The molecule has 1 fully saturated rings. The van der Waals surface area contributed by atoms with Crippen LogP contribution in [0.25, 0.3) is 0 Å². The lowest BCUT2D eigenvalue weighted by atomic mass is 9.97. The number of nitrogens with one attached hydrogen (secondary N) is 1. The zero-order valence-corrected chi connectivity index (χ0v) is 11.0. The normalized spacial score (nSPS) is 19.8. The Balaban J connectivity index is 1.98. The van der Waals surface area contributed by atoms with Crippen molar-refractivity contribution in [3.8, 4) is 0 Å². The van der Waals surface area contributed by atoms with Gasteiger partial charge < -0.3 is 10.4 Å². The number of aliphatic hydroxyl groups is 1. The third-order valence-corrected chi connectivity index (χ3v) is 4.53. The van der Waals surface area contributed by atoms with Crippen LogP contribution in [0.2, 0.25) is 0 Å². The third kappa shape index (κ3) is 2.44. The molecule has 1 atom stereocenters. The van der Waals surface area contributed by atoms with Gasteiger partial charge in [0.05, 0.1) is 17.3 Å². The SMILES string of the molecule is Cc1nc(C)c(CNC(C)(CO)C2CC2)s1. The summed E-state index contributed by atoms with van der Waals surface area (Å²) in [5.41, 5.74) is 1.01. The summed E-state index contributed by atoms with van der Waals surface area (Å²) >= 11 is 1.74. The molecule has 1 unspecified atom stereocenters. The first-order chi connectivity index (χ1) is 7.55. The van der Waals surface area contributed by atoms with E-state index in [1.807, 2.05) is 13.8 Å². The van der Waals surface area contributed by atoms with Gasteiger partial charge >= 0.3 is 0 Å². The number of aliphatic hydroxyl groups excluding tert-OH is 1. The summed E-state index contributed by atoms with van der Waals surface area (Å²) in [6.45, 7) is 7.24. The van der Waals surface area contributed by atoms with Crippen LogP contribution in [0.1, 0.15) is 35.3 Å². The summed E-state index contributed by atoms with van der Waals surface area (Å²) < 4.78 is 0. The first-order valence-corrected chi connectivity index (χ1v) is 6.65. The molecule has 0 bridgehead atoms. The second-order valence-corrected chi connectivity index (χ2v) is 6.23. The summed E-state index contributed by atoms with van der Waals surface area (Å²) in [7, 11) is 0. The topological polar surface area (TPSA) is 45.2 Å². The minimum atomic E-state index is -0.107. The zero-order valence-electron chi connectivity index (χ0n) is 10.2. The lowest BCUT2D eigenvalue weighted by molar-refractivity contribution is 0.154. The van der Waals surface area contributed by atoms with Gasteiger partial charge in [0, 0.05) is 17.0 Å². The van der Waals surface area contributed by atoms with E-state index in [4.69, 9.17) is 0 Å². The van der Waals surface area contributed by atoms with E-state index >= 15 is 0 Å². The molecule has 0 aromatic carbocycles. The van der Waals surface area contributed by atoms with Gasteiger partial charge in [0.2, 0.25) is 0 Å². The molecule has 16 heavy (non-hydrogen) atoms. The van der Waals surface area contributed by atoms with E-state index in [0.717, 1.165) is 17.2 Å². The lowest BCUT2D eigenvalue weighted by Crippen LogP contribution is -2.47. The minimum absolute atomic E-state index is 0.107. The maximum absolute atomic E-state index is 9.47. The molecular weight excluding hydrogens is 220 g/mol. The van der Waals surface area contributed by atoms with Crippen LogP contribution < -0.4 is 5.32 Å². The van der Waals surface area contributed by atoms with E-state index in [9.17, 15) is 5.11 Å². The van der Waals surface area contributed by atoms with Crippen molar-refractivity contribution in [3.05, 3.63) is 15.6 Å². The Morgan fingerprint density at radius 2 is 2.19 bits per heavy atom. The van der Waals surface area contributed by atoms with Gasteiger partial charge in [0.15, 0.2) is 0 Å². The van der Waals surface area contributed by atoms with Crippen LogP contribution in [0.3, 0.4) is 0 Å². The number of thiazole rings is 1. The van der Waals surface area contributed by atoms with Gasteiger partial charge in [-0.2, -0.15) is 0 Å². The monoisotopic (exact) mass is 240 g/mol. The molecule has 0 aliphatic heterocycles. The molecule has 2 N–H and O–H groups in total. The highest BCUT2D eigenvalue weighted by atomic mass is 32.1. The Hall–Kier alpha value is -0.450. The molecule has 1 saturated carbocycles. The average Bonchev–Trinajstić information content (AvgIpc) is 3.03. The van der Waals surface area contributed by atoms with Crippen LogP contribution >= 0.6 is 11.3 Å². The fourth-order valence-electron chi connectivity index (χ4n) is 2.07. The Morgan fingerprint density at radius 3 is 2.62 bits per heavy atom. The smallest absolute Gasteiger partial charge is 0.0900 e. The van der Waals surface area contributed by atoms with Crippen molar-refractivity contribution in [2.75, 3.05) is 6.61 Å². The highest BCUT2D eigenvalue weighted by Crippen LogP contribution is 2.39. The Kier molecular flexibility index (Phi) is 3.33. The molecular formula is C12H20N2OS. The van der Waals surface area contributed by atoms with Gasteiger partial charge in [-0.15, -0.1) is 11.3 Å². The highest BCUT2D eigenvalue weighted by Gasteiger charge is 2.40. The summed E-state index contributed by atoms with van der Waals surface area (Å²) in [6.07, 6.45) is 2.48. The molecule has 3 nitrogen and oxygen atoms in total. The molecule has 90 valence electrons. The number of nitrogens with zero attached hydrogens (tertiary/aromatic N) is 1. The van der Waals surface area contributed by atoms with Gasteiger partial charge in [-0.1, -0.05) is 0 Å². The van der Waals surface area contributed by atoms with E-state index in [1.165, 1.54) is 17.7 Å². The molecule has 4 heteroatoms. The second-order valence-electron chi connectivity index (χ2n) is 4.94. The van der Waals surface area contributed by atoms with E-state index in [0.29, 0.717) is 5.92 Å². The van der Waals surface area contributed by atoms with Crippen molar-refractivity contribution in [2.45, 2.75) is 45.7 Å². The van der Waals surface area contributed by atoms with Crippen LogP contribution in [-0.4, -0.2) is 22.2 Å². The predicted octanol–water partition coefficient (Wildman–Crippen LogP) is 2.01. The molecule has 1 aliphatic rings. The number of aryl methyl sites for hydroxylation is 2. The van der Waals surface area contributed by atoms with Crippen LogP contribution in [0.5, 0.6) is 0 Å². The molecule has 1 aliphatic carbocycles. The fraction of sp³-hybridized carbons (Fsp3) is 0.750. The van der Waals surface area contributed by atoms with Crippen molar-refractivity contribution in [3.63, 3.8) is 0 Å². The average molecular weight is 240 g/mol. The second kappa shape index (κ2) is 4.43. The number of rotatable bonds is 5. The zero-order chi connectivity index (χ0) is 11.8. The minimum Gasteiger partial charge on any atom is -0.394 e. The first kappa shape index (κ1) is 12.0. The van der Waals surface area contributed by atoms with Crippen LogP contribution in [0.15, 0.2) is 0 Å². The first-order valence-electron chi connectivity index (χ1n) is 5.84. The molecule has 2 rings (SSSR count). The maximum Gasteiger partial charge on any atom is 0.0900 e. The molecule has 1 aromatic rings. The standard InChI is InChI=1S/C12H20N2OS/c1-8-11(16-9(2)14-8)6-13-12(3,7-15)10-4-5-10/h10,13,15H,4-7H2,1-3H3. The Labute approximate surface area is 101 Å². The van der Waals surface area contributed by atoms with Gasteiger partial charge in [-0.3, -0.25) is 0 Å². The van der Waals surface area contributed by atoms with E-state index < -0.39 is 0 Å². The van der Waals surface area contributed by atoms with Crippen molar-refractivity contribution in [1.29, 1.82) is 0 Å². The lowest BCUT2D eigenvalue weighted by Gasteiger charge is -2.28. The van der Waals surface area contributed by atoms with Crippen molar-refractivity contribution in [2.24, 2.45) is 5.92 Å². The van der Waals surface area contributed by atoms with E-state index in [2.05, 4.69) is 17.2 Å². The van der Waals surface area contributed by atoms with Gasteiger partial charge in [-0.05, 0) is 39.5 Å². The van der Waals surface area contributed by atoms with E-state index in [-0.39, 0.29) is 12.1 Å². The molecule has 0 spiro atoms. The largest absolute Gasteiger partial charge is 0.394 e. The molecule has 1 aromatic heterocycles. The van der Waals surface area contributed by atoms with Crippen molar-refractivity contribution < 1.29 is 5.11 Å². The summed E-state index contributed by atoms with van der Waals surface area (Å²) in [4.78, 5) is 5.70. The quantitative estimate of drug-likeness (QED) is 0.827. The molecule has 0 amide bonds. The van der Waals surface area contributed by atoms with Crippen molar-refractivity contribution in [1.82, 2.24) is 10.3 Å². The van der Waals surface area contributed by atoms with Gasteiger partial charge in [0.1, 0.15) is 0 Å². The van der Waals surface area contributed by atoms with Gasteiger partial charge in [-0.25, -0.2) is 4.98 Å². The molecule has 0 saturated heterocycles. The highest BCUT2D eigenvalue weighted by molar-refractivity contribution is 7.11. The summed E-state index contributed by atoms with van der Waals surface area (Å²) in [6, 6.07) is 0. The van der Waals surface area contributed by atoms with Crippen molar-refractivity contribution >= 4 is 11.3 Å². The van der Waals surface area contributed by atoms with E-state index in [1.54, 1.807) is 11.3 Å². The molecule has 0 radical (unpaired) electrons. The predicted molar refractivity (Wildman–Crippen MR) is 66.6 cm³/mol. The number of aromatic nitrogens is 1. The van der Waals surface area contributed by atoms with Crippen LogP contribution in [0, 0.1) is 19.8 Å². The Bertz CT molecular complexity index is 373. The number of hydrogen-bond donors (Lipinski definition) is 2. The maximum atomic E-state index is 9.47. The third-order valence-electron chi connectivity index (χ3n) is 3.46. The van der Waals surface area contributed by atoms with Gasteiger partial charge in [0.25, 0.3) is 0 Å². The number of hydrogen-bond acceptors (Lipinski definition) is 4. The summed E-state index contributed by atoms with van der Waals surface area (Å²) in [5.74, 6) is 0.645.